The van der Waals surface area contributed by atoms with Crippen molar-refractivity contribution in [1.82, 2.24) is 0 Å². The van der Waals surface area contributed by atoms with Gasteiger partial charge >= 0.3 is 12.6 Å². The first-order valence-corrected chi connectivity index (χ1v) is 11.6. The van der Waals surface area contributed by atoms with Crippen molar-refractivity contribution in [3.8, 4) is 5.75 Å². The Morgan fingerprint density at radius 3 is 2.51 bits per heavy atom. The van der Waals surface area contributed by atoms with Crippen molar-refractivity contribution in [2.24, 2.45) is 0 Å². The summed E-state index contributed by atoms with van der Waals surface area (Å²) in [5, 5.41) is 1.21. The molecule has 4 rings (SSSR count). The van der Waals surface area contributed by atoms with E-state index in [0.29, 0.717) is 17.4 Å². The van der Waals surface area contributed by atoms with Crippen molar-refractivity contribution < 1.29 is 32.2 Å². The van der Waals surface area contributed by atoms with Crippen molar-refractivity contribution >= 4 is 28.3 Å². The van der Waals surface area contributed by atoms with Gasteiger partial charge in [0.2, 0.25) is 0 Å². The van der Waals surface area contributed by atoms with Gasteiger partial charge in [0.15, 0.2) is 0 Å². The maximum atomic E-state index is 14.8. The van der Waals surface area contributed by atoms with E-state index in [9.17, 15) is 22.8 Å². The summed E-state index contributed by atoms with van der Waals surface area (Å²) in [5.41, 5.74) is 2.03. The second kappa shape index (κ2) is 10.4. The second-order valence-corrected chi connectivity index (χ2v) is 8.34. The highest BCUT2D eigenvalue weighted by Crippen LogP contribution is 2.43. The second-order valence-electron chi connectivity index (χ2n) is 8.34. The van der Waals surface area contributed by atoms with Crippen LogP contribution in [0.2, 0.25) is 0 Å². The van der Waals surface area contributed by atoms with Gasteiger partial charge in [0.25, 0.3) is 5.91 Å². The molecular weight excluding hydrogens is 459 g/mol. The smallest absolute Gasteiger partial charge is 0.387 e. The predicted molar refractivity (Wildman–Crippen MR) is 126 cm³/mol. The van der Waals surface area contributed by atoms with Gasteiger partial charge in [-0.05, 0) is 54.0 Å². The molecule has 0 spiro atoms. The Labute approximate surface area is 201 Å². The molecule has 3 aromatic carbocycles. The number of hydrogen-bond acceptors (Lipinski definition) is 4. The zero-order valence-corrected chi connectivity index (χ0v) is 19.6. The van der Waals surface area contributed by atoms with Crippen LogP contribution in [0.15, 0.2) is 42.5 Å². The molecule has 1 amide bonds. The predicted octanol–water partition coefficient (Wildman–Crippen LogP) is 6.19. The van der Waals surface area contributed by atoms with Gasteiger partial charge in [-0.3, -0.25) is 9.59 Å². The van der Waals surface area contributed by atoms with E-state index in [1.165, 1.54) is 17.0 Å². The first-order chi connectivity index (χ1) is 16.8. The van der Waals surface area contributed by atoms with Gasteiger partial charge in [0.05, 0.1) is 25.1 Å². The third kappa shape index (κ3) is 4.83. The van der Waals surface area contributed by atoms with Crippen LogP contribution in [0.3, 0.4) is 0 Å². The number of nitrogens with zero attached hydrogens (tertiary/aromatic N) is 1. The molecule has 3 aromatic rings. The van der Waals surface area contributed by atoms with Gasteiger partial charge in [-0.2, -0.15) is 8.78 Å². The fraction of sp³-hybridized carbons (Fsp3) is 0.333. The molecular formula is C27H26F3NO4. The van der Waals surface area contributed by atoms with Crippen LogP contribution in [0, 0.1) is 5.82 Å². The van der Waals surface area contributed by atoms with Crippen LogP contribution in [0.5, 0.6) is 5.75 Å². The average Bonchev–Trinajstić information content (AvgIpc) is 3.17. The number of esters is 1. The largest absolute Gasteiger partial charge is 0.466 e. The number of aryl methyl sites for hydroxylation is 1. The molecule has 0 unspecified atom stereocenters. The summed E-state index contributed by atoms with van der Waals surface area (Å²) in [6, 6.07) is 11.2. The van der Waals surface area contributed by atoms with E-state index in [1.807, 2.05) is 12.1 Å². The Balaban J connectivity index is 1.79. The van der Waals surface area contributed by atoms with Gasteiger partial charge < -0.3 is 14.4 Å². The lowest BCUT2D eigenvalue weighted by Gasteiger charge is -2.17. The number of unbranched alkanes of at least 4 members (excludes halogenated alkanes) is 1. The quantitative estimate of drug-likeness (QED) is 0.339. The molecule has 0 saturated heterocycles. The minimum absolute atomic E-state index is 0.0890. The maximum Gasteiger partial charge on any atom is 0.387 e. The van der Waals surface area contributed by atoms with Gasteiger partial charge in [0, 0.05) is 11.1 Å². The zero-order valence-electron chi connectivity index (χ0n) is 19.6. The first-order valence-electron chi connectivity index (χ1n) is 11.6. The van der Waals surface area contributed by atoms with Crippen LogP contribution < -0.4 is 9.64 Å². The van der Waals surface area contributed by atoms with Crippen molar-refractivity contribution in [1.29, 1.82) is 0 Å². The summed E-state index contributed by atoms with van der Waals surface area (Å²) in [6.45, 7) is 0.906. The maximum absolute atomic E-state index is 14.8. The van der Waals surface area contributed by atoms with E-state index in [-0.39, 0.29) is 42.1 Å². The number of alkyl halides is 2. The number of carbonyl (C=O) groups excluding carboxylic acids is 2. The number of fused-ring (bicyclic) bond motifs is 2. The molecule has 0 aromatic heterocycles. The first kappa shape index (κ1) is 24.6. The summed E-state index contributed by atoms with van der Waals surface area (Å²) < 4.78 is 51.4. The van der Waals surface area contributed by atoms with E-state index in [2.05, 4.69) is 6.92 Å². The van der Waals surface area contributed by atoms with Crippen LogP contribution in [-0.4, -0.2) is 25.1 Å². The number of hydrogen-bond donors (Lipinski definition) is 0. The third-order valence-electron chi connectivity index (χ3n) is 6.14. The zero-order chi connectivity index (χ0) is 25.1. The normalized spacial score (nSPS) is 13.0. The van der Waals surface area contributed by atoms with E-state index in [1.54, 1.807) is 25.1 Å². The minimum atomic E-state index is -3.11. The Kier molecular flexibility index (Phi) is 7.28. The molecule has 184 valence electrons. The van der Waals surface area contributed by atoms with Crippen molar-refractivity contribution in [2.75, 3.05) is 11.5 Å². The molecule has 0 N–H and O–H groups in total. The number of anilines is 1. The van der Waals surface area contributed by atoms with Crippen molar-refractivity contribution in [3.63, 3.8) is 0 Å². The molecule has 1 aliphatic rings. The fourth-order valence-electron chi connectivity index (χ4n) is 4.57. The molecule has 0 saturated carbocycles. The lowest BCUT2D eigenvalue weighted by molar-refractivity contribution is -0.142. The Morgan fingerprint density at radius 2 is 1.86 bits per heavy atom. The van der Waals surface area contributed by atoms with Crippen LogP contribution in [-0.2, 0) is 28.9 Å². The average molecular weight is 486 g/mol. The number of ether oxygens (including phenoxy) is 2. The highest BCUT2D eigenvalue weighted by atomic mass is 19.3. The van der Waals surface area contributed by atoms with Crippen molar-refractivity contribution in [3.05, 3.63) is 70.5 Å². The Morgan fingerprint density at radius 1 is 1.11 bits per heavy atom. The molecule has 0 radical (unpaired) electrons. The molecule has 5 nitrogen and oxygen atoms in total. The summed E-state index contributed by atoms with van der Waals surface area (Å²) in [6.07, 6.45) is 2.22. The molecule has 0 fully saturated rings. The molecule has 1 aliphatic heterocycles. The van der Waals surface area contributed by atoms with Gasteiger partial charge in [-0.25, -0.2) is 4.39 Å². The molecule has 1 heterocycles. The van der Waals surface area contributed by atoms with E-state index < -0.39 is 24.3 Å². The standard InChI is InChI=1S/C27H26F3NO4/c1-3-5-8-19-18-9-6-7-10-20(18)25(35-27(29)30)24-21(19)15-31(26(24)33)17-12-11-16(22(28)14-17)13-23(32)34-4-2/h6-7,9-12,14,27H,3-5,8,13,15H2,1-2H3. The minimum Gasteiger partial charge on any atom is -0.466 e. The number of amides is 1. The monoisotopic (exact) mass is 485 g/mol. The molecule has 0 bridgehead atoms. The number of rotatable bonds is 9. The van der Waals surface area contributed by atoms with Crippen LogP contribution >= 0.6 is 0 Å². The highest BCUT2D eigenvalue weighted by Gasteiger charge is 2.36. The molecule has 35 heavy (non-hydrogen) atoms. The van der Waals surface area contributed by atoms with Crippen LogP contribution in [0.1, 0.15) is 53.7 Å². The Hall–Kier alpha value is -3.55. The topological polar surface area (TPSA) is 55.8 Å². The van der Waals surface area contributed by atoms with Crippen molar-refractivity contribution in [2.45, 2.75) is 52.7 Å². The van der Waals surface area contributed by atoms with Gasteiger partial charge in [0.1, 0.15) is 11.6 Å². The summed E-state index contributed by atoms with van der Waals surface area (Å²) in [5.74, 6) is -1.89. The molecule has 0 aliphatic carbocycles. The third-order valence-corrected chi connectivity index (χ3v) is 6.14. The molecule has 8 heteroatoms. The number of benzene rings is 3. The highest BCUT2D eigenvalue weighted by molar-refractivity contribution is 6.16. The summed E-state index contributed by atoms with van der Waals surface area (Å²) >= 11 is 0. The lowest BCUT2D eigenvalue weighted by atomic mass is 9.91. The molecule has 0 atom stereocenters. The van der Waals surface area contributed by atoms with E-state index in [0.717, 1.165) is 23.8 Å². The number of carbonyl (C=O) groups is 2. The summed E-state index contributed by atoms with van der Waals surface area (Å²) in [7, 11) is 0. The van der Waals surface area contributed by atoms with Crippen LogP contribution in [0.25, 0.3) is 10.8 Å². The summed E-state index contributed by atoms with van der Waals surface area (Å²) in [4.78, 5) is 26.6. The fourth-order valence-corrected chi connectivity index (χ4v) is 4.57. The van der Waals surface area contributed by atoms with Crippen LogP contribution in [0.4, 0.5) is 18.9 Å². The number of halogens is 3. The van der Waals surface area contributed by atoms with E-state index in [4.69, 9.17) is 9.47 Å². The van der Waals surface area contributed by atoms with Gasteiger partial charge in [-0.1, -0.05) is 43.7 Å². The lowest BCUT2D eigenvalue weighted by Crippen LogP contribution is -2.23. The van der Waals surface area contributed by atoms with Gasteiger partial charge in [-0.15, -0.1) is 0 Å². The van der Waals surface area contributed by atoms with E-state index >= 15 is 0 Å². The SMILES string of the molecule is CCCCc1c2c(c(OC(F)F)c3ccccc13)C(=O)N(c1ccc(CC(=O)OCC)c(F)c1)C2. The Bertz CT molecular complexity index is 1280.